The highest BCUT2D eigenvalue weighted by Crippen LogP contribution is 2.26. The standard InChI is InChI=1S/C19H20FN5O2S/c1-12(18(26)22-11-13-3-7-15(20)8-4-13)28-19-24-23-17(25(19)21)14-5-9-16(27-2)10-6-14/h3-10,12H,11,21H2,1-2H3,(H,22,26). The van der Waals surface area contributed by atoms with Crippen LogP contribution in [0.5, 0.6) is 5.75 Å². The Morgan fingerprint density at radius 1 is 1.21 bits per heavy atom. The predicted molar refractivity (Wildman–Crippen MR) is 106 cm³/mol. The summed E-state index contributed by atoms with van der Waals surface area (Å²) in [4.78, 5) is 12.3. The summed E-state index contributed by atoms with van der Waals surface area (Å²) in [7, 11) is 1.59. The maximum Gasteiger partial charge on any atom is 0.233 e. The van der Waals surface area contributed by atoms with Gasteiger partial charge in [-0.2, -0.15) is 0 Å². The van der Waals surface area contributed by atoms with Crippen LogP contribution in [0, 0.1) is 5.82 Å². The van der Waals surface area contributed by atoms with E-state index in [9.17, 15) is 9.18 Å². The molecule has 3 rings (SSSR count). The number of hydrogen-bond acceptors (Lipinski definition) is 6. The van der Waals surface area contributed by atoms with Gasteiger partial charge in [0.15, 0.2) is 5.82 Å². The third-order valence-electron chi connectivity index (χ3n) is 4.04. The van der Waals surface area contributed by atoms with Crippen LogP contribution in [0.15, 0.2) is 53.7 Å². The number of carbonyl (C=O) groups is 1. The van der Waals surface area contributed by atoms with Crippen molar-refractivity contribution in [2.45, 2.75) is 23.9 Å². The van der Waals surface area contributed by atoms with Crippen molar-refractivity contribution in [1.82, 2.24) is 20.2 Å². The Labute approximate surface area is 166 Å². The van der Waals surface area contributed by atoms with Gasteiger partial charge in [0.25, 0.3) is 0 Å². The molecule has 28 heavy (non-hydrogen) atoms. The number of benzene rings is 2. The summed E-state index contributed by atoms with van der Waals surface area (Å²) < 4.78 is 19.4. The molecule has 1 heterocycles. The molecule has 0 aliphatic carbocycles. The minimum absolute atomic E-state index is 0.177. The molecule has 0 bridgehead atoms. The second-order valence-electron chi connectivity index (χ2n) is 6.01. The molecule has 0 aliphatic rings. The molecule has 0 aliphatic heterocycles. The molecule has 3 N–H and O–H groups in total. The van der Waals surface area contributed by atoms with Crippen LogP contribution < -0.4 is 15.9 Å². The fourth-order valence-corrected chi connectivity index (χ4v) is 3.24. The van der Waals surface area contributed by atoms with Crippen LogP contribution in [-0.4, -0.2) is 33.1 Å². The second-order valence-corrected chi connectivity index (χ2v) is 7.32. The molecule has 0 fully saturated rings. The molecular formula is C19H20FN5O2S. The zero-order chi connectivity index (χ0) is 20.1. The zero-order valence-corrected chi connectivity index (χ0v) is 16.2. The van der Waals surface area contributed by atoms with Gasteiger partial charge in [-0.1, -0.05) is 23.9 Å². The third-order valence-corrected chi connectivity index (χ3v) is 5.10. The lowest BCUT2D eigenvalue weighted by atomic mass is 10.2. The van der Waals surface area contributed by atoms with Crippen LogP contribution in [0.25, 0.3) is 11.4 Å². The summed E-state index contributed by atoms with van der Waals surface area (Å²) in [6.07, 6.45) is 0. The van der Waals surface area contributed by atoms with Crippen LogP contribution in [0.4, 0.5) is 4.39 Å². The van der Waals surface area contributed by atoms with Crippen molar-refractivity contribution in [3.8, 4) is 17.1 Å². The van der Waals surface area contributed by atoms with Crippen molar-refractivity contribution in [1.29, 1.82) is 0 Å². The van der Waals surface area contributed by atoms with E-state index in [0.717, 1.165) is 16.9 Å². The van der Waals surface area contributed by atoms with Gasteiger partial charge in [-0.15, -0.1) is 10.2 Å². The van der Waals surface area contributed by atoms with Crippen LogP contribution in [-0.2, 0) is 11.3 Å². The molecule has 3 aromatic rings. The van der Waals surface area contributed by atoms with Crippen LogP contribution >= 0.6 is 11.8 Å². The Hall–Kier alpha value is -3.07. The van der Waals surface area contributed by atoms with E-state index < -0.39 is 5.25 Å². The molecular weight excluding hydrogens is 381 g/mol. The first-order valence-corrected chi connectivity index (χ1v) is 9.39. The Bertz CT molecular complexity index is 944. The van der Waals surface area contributed by atoms with Gasteiger partial charge in [-0.3, -0.25) is 4.79 Å². The highest BCUT2D eigenvalue weighted by molar-refractivity contribution is 8.00. The quantitative estimate of drug-likeness (QED) is 0.467. The van der Waals surface area contributed by atoms with Crippen molar-refractivity contribution < 1.29 is 13.9 Å². The van der Waals surface area contributed by atoms with Crippen molar-refractivity contribution in [3.05, 3.63) is 59.9 Å². The number of amides is 1. The first-order chi connectivity index (χ1) is 13.5. The highest BCUT2D eigenvalue weighted by atomic mass is 32.2. The average Bonchev–Trinajstić information content (AvgIpc) is 3.07. The van der Waals surface area contributed by atoms with Gasteiger partial charge in [0, 0.05) is 12.1 Å². The maximum atomic E-state index is 12.9. The number of hydrogen-bond donors (Lipinski definition) is 2. The number of nitrogens with two attached hydrogens (primary N) is 1. The van der Waals surface area contributed by atoms with Gasteiger partial charge < -0.3 is 15.9 Å². The van der Waals surface area contributed by atoms with E-state index in [1.54, 1.807) is 26.2 Å². The van der Waals surface area contributed by atoms with Crippen LogP contribution in [0.2, 0.25) is 0 Å². The number of ether oxygens (including phenoxy) is 1. The van der Waals surface area contributed by atoms with Crippen LogP contribution in [0.3, 0.4) is 0 Å². The first kappa shape index (κ1) is 19.7. The number of nitrogen functional groups attached to an aromatic ring is 1. The van der Waals surface area contributed by atoms with E-state index >= 15 is 0 Å². The van der Waals surface area contributed by atoms with E-state index in [-0.39, 0.29) is 11.7 Å². The van der Waals surface area contributed by atoms with Crippen molar-refractivity contribution in [2.75, 3.05) is 13.0 Å². The third kappa shape index (κ3) is 4.61. The van der Waals surface area contributed by atoms with Gasteiger partial charge in [-0.25, -0.2) is 9.07 Å². The lowest BCUT2D eigenvalue weighted by molar-refractivity contribution is -0.120. The van der Waals surface area contributed by atoms with Crippen molar-refractivity contribution >= 4 is 17.7 Å². The predicted octanol–water partition coefficient (Wildman–Crippen LogP) is 2.60. The number of aromatic nitrogens is 3. The SMILES string of the molecule is COc1ccc(-c2nnc(SC(C)C(=O)NCc3ccc(F)cc3)n2N)cc1. The average molecular weight is 401 g/mol. The van der Waals surface area contributed by atoms with Gasteiger partial charge >= 0.3 is 0 Å². The molecule has 7 nitrogen and oxygen atoms in total. The Morgan fingerprint density at radius 2 is 1.89 bits per heavy atom. The summed E-state index contributed by atoms with van der Waals surface area (Å²) in [5.41, 5.74) is 1.60. The summed E-state index contributed by atoms with van der Waals surface area (Å²) in [6.45, 7) is 2.07. The van der Waals surface area contributed by atoms with Crippen molar-refractivity contribution in [2.24, 2.45) is 0 Å². The number of nitrogens with zero attached hydrogens (tertiary/aromatic N) is 3. The smallest absolute Gasteiger partial charge is 0.233 e. The minimum atomic E-state index is -0.435. The largest absolute Gasteiger partial charge is 0.497 e. The monoisotopic (exact) mass is 401 g/mol. The van der Waals surface area contributed by atoms with E-state index in [4.69, 9.17) is 10.6 Å². The van der Waals surface area contributed by atoms with E-state index in [0.29, 0.717) is 17.5 Å². The topological polar surface area (TPSA) is 95.1 Å². The summed E-state index contributed by atoms with van der Waals surface area (Å²) in [5, 5.41) is 11.0. The molecule has 0 radical (unpaired) electrons. The highest BCUT2D eigenvalue weighted by Gasteiger charge is 2.19. The van der Waals surface area contributed by atoms with E-state index in [1.807, 2.05) is 24.3 Å². The molecule has 1 atom stereocenters. The molecule has 146 valence electrons. The summed E-state index contributed by atoms with van der Waals surface area (Å²) >= 11 is 1.21. The number of rotatable bonds is 7. The number of halogens is 1. The summed E-state index contributed by atoms with van der Waals surface area (Å²) in [5.74, 6) is 6.84. The molecule has 1 aromatic heterocycles. The lowest BCUT2D eigenvalue weighted by Gasteiger charge is -2.11. The Kier molecular flexibility index (Phi) is 6.15. The number of thioether (sulfide) groups is 1. The van der Waals surface area contributed by atoms with Gasteiger partial charge in [0.1, 0.15) is 11.6 Å². The maximum absolute atomic E-state index is 12.9. The number of nitrogens with one attached hydrogen (secondary N) is 1. The molecule has 0 saturated carbocycles. The first-order valence-electron chi connectivity index (χ1n) is 8.51. The van der Waals surface area contributed by atoms with Gasteiger partial charge in [0.05, 0.1) is 12.4 Å². The molecule has 9 heteroatoms. The van der Waals surface area contributed by atoms with Gasteiger partial charge in [-0.05, 0) is 48.9 Å². The normalized spacial score (nSPS) is 11.8. The molecule has 2 aromatic carbocycles. The fourth-order valence-electron chi connectivity index (χ4n) is 2.44. The summed E-state index contributed by atoms with van der Waals surface area (Å²) in [6, 6.07) is 13.3. The number of methoxy groups -OCH3 is 1. The van der Waals surface area contributed by atoms with Gasteiger partial charge in [0.2, 0.25) is 11.1 Å². The lowest BCUT2D eigenvalue weighted by Crippen LogP contribution is -2.30. The zero-order valence-electron chi connectivity index (χ0n) is 15.4. The molecule has 1 unspecified atom stereocenters. The van der Waals surface area contributed by atoms with Crippen molar-refractivity contribution in [3.63, 3.8) is 0 Å². The second kappa shape index (κ2) is 8.75. The Morgan fingerprint density at radius 3 is 2.54 bits per heavy atom. The van der Waals surface area contributed by atoms with Crippen LogP contribution in [0.1, 0.15) is 12.5 Å². The molecule has 0 spiro atoms. The fraction of sp³-hybridized carbons (Fsp3) is 0.211. The number of carbonyl (C=O) groups excluding carboxylic acids is 1. The Balaban J connectivity index is 1.61. The molecule has 0 saturated heterocycles. The molecule has 1 amide bonds. The minimum Gasteiger partial charge on any atom is -0.497 e. The van der Waals surface area contributed by atoms with E-state index in [1.165, 1.54) is 28.6 Å². The van der Waals surface area contributed by atoms with E-state index in [2.05, 4.69) is 15.5 Å².